The molecule has 0 radical (unpaired) electrons. The Balaban J connectivity index is 2.37. The maximum absolute atomic E-state index is 11.5. The van der Waals surface area contributed by atoms with Crippen LogP contribution in [0.1, 0.15) is 24.6 Å². The van der Waals surface area contributed by atoms with Crippen LogP contribution in [0.3, 0.4) is 0 Å². The first kappa shape index (κ1) is 8.50. The molecule has 0 spiro atoms. The predicted octanol–water partition coefficient (Wildman–Crippen LogP) is -0.548. The summed E-state index contributed by atoms with van der Waals surface area (Å²) in [6, 6.07) is 0. The molecule has 2 rings (SSSR count). The predicted molar refractivity (Wildman–Crippen MR) is 46.5 cm³/mol. The second-order valence-electron chi connectivity index (χ2n) is 3.42. The molecule has 1 heterocycles. The fraction of sp³-hybridized carbons (Fsp3) is 0.750. The second-order valence-corrected chi connectivity index (χ2v) is 3.42. The standard InChI is InChI=1S/C8H13N3O2/c1-10-7(6-2-3-6)9-11(4-5-12)8(10)13/h6,12H,2-5H2,1H3. The van der Waals surface area contributed by atoms with E-state index in [1.165, 1.54) is 4.68 Å². The van der Waals surface area contributed by atoms with Gasteiger partial charge in [0.1, 0.15) is 5.82 Å². The van der Waals surface area contributed by atoms with E-state index < -0.39 is 0 Å². The van der Waals surface area contributed by atoms with Crippen LogP contribution in [0.15, 0.2) is 4.79 Å². The number of rotatable bonds is 3. The van der Waals surface area contributed by atoms with Gasteiger partial charge in [0.15, 0.2) is 0 Å². The second kappa shape index (κ2) is 2.99. The number of aliphatic hydroxyl groups excluding tert-OH is 1. The molecule has 1 aromatic heterocycles. The van der Waals surface area contributed by atoms with Crippen LogP contribution in [-0.4, -0.2) is 26.1 Å². The molecular formula is C8H13N3O2. The van der Waals surface area contributed by atoms with Gasteiger partial charge >= 0.3 is 5.69 Å². The van der Waals surface area contributed by atoms with Gasteiger partial charge in [0, 0.05) is 13.0 Å². The maximum Gasteiger partial charge on any atom is 0.345 e. The van der Waals surface area contributed by atoms with Crippen LogP contribution < -0.4 is 5.69 Å². The molecule has 0 atom stereocenters. The lowest BCUT2D eigenvalue weighted by Gasteiger charge is -1.92. The van der Waals surface area contributed by atoms with Crippen molar-refractivity contribution in [3.8, 4) is 0 Å². The lowest BCUT2D eigenvalue weighted by Crippen LogP contribution is -2.24. The molecule has 0 amide bonds. The smallest absolute Gasteiger partial charge is 0.345 e. The normalized spacial score (nSPS) is 16.5. The zero-order chi connectivity index (χ0) is 9.42. The third kappa shape index (κ3) is 1.39. The first-order chi connectivity index (χ1) is 6.24. The van der Waals surface area contributed by atoms with Crippen molar-refractivity contribution in [2.45, 2.75) is 25.3 Å². The van der Waals surface area contributed by atoms with Crippen LogP contribution in [-0.2, 0) is 13.6 Å². The first-order valence-electron chi connectivity index (χ1n) is 4.48. The molecule has 0 aromatic carbocycles. The highest BCUT2D eigenvalue weighted by atomic mass is 16.3. The molecule has 0 bridgehead atoms. The molecule has 5 heteroatoms. The van der Waals surface area contributed by atoms with Crippen molar-refractivity contribution in [2.75, 3.05) is 6.61 Å². The quantitative estimate of drug-likeness (QED) is 0.684. The molecule has 5 nitrogen and oxygen atoms in total. The Labute approximate surface area is 75.6 Å². The molecule has 1 aliphatic carbocycles. The highest BCUT2D eigenvalue weighted by Crippen LogP contribution is 2.38. The summed E-state index contributed by atoms with van der Waals surface area (Å²) in [5.41, 5.74) is -0.129. The summed E-state index contributed by atoms with van der Waals surface area (Å²) in [6.45, 7) is 0.250. The van der Waals surface area contributed by atoms with Gasteiger partial charge in [-0.15, -0.1) is 0 Å². The van der Waals surface area contributed by atoms with Crippen molar-refractivity contribution >= 4 is 0 Å². The molecule has 1 aromatic rings. The minimum atomic E-state index is -0.129. The Morgan fingerprint density at radius 1 is 1.62 bits per heavy atom. The van der Waals surface area contributed by atoms with E-state index in [-0.39, 0.29) is 12.3 Å². The van der Waals surface area contributed by atoms with E-state index in [1.54, 1.807) is 11.6 Å². The monoisotopic (exact) mass is 183 g/mol. The molecule has 1 N–H and O–H groups in total. The molecule has 72 valence electrons. The highest BCUT2D eigenvalue weighted by molar-refractivity contribution is 5.04. The van der Waals surface area contributed by atoms with Gasteiger partial charge in [0.25, 0.3) is 0 Å². The van der Waals surface area contributed by atoms with E-state index in [1.807, 2.05) is 0 Å². The molecule has 13 heavy (non-hydrogen) atoms. The molecule has 0 unspecified atom stereocenters. The summed E-state index contributed by atoms with van der Waals surface area (Å²) >= 11 is 0. The summed E-state index contributed by atoms with van der Waals surface area (Å²) in [4.78, 5) is 11.5. The van der Waals surface area contributed by atoms with Gasteiger partial charge in [0.2, 0.25) is 0 Å². The Bertz CT molecular complexity index is 362. The summed E-state index contributed by atoms with van der Waals surface area (Å²) in [5.74, 6) is 1.33. The fourth-order valence-electron chi connectivity index (χ4n) is 1.44. The minimum absolute atomic E-state index is 0.0406. The molecule has 0 saturated heterocycles. The van der Waals surface area contributed by atoms with Crippen molar-refractivity contribution < 1.29 is 5.11 Å². The van der Waals surface area contributed by atoms with Crippen molar-refractivity contribution in [1.82, 2.24) is 14.3 Å². The number of nitrogens with zero attached hydrogens (tertiary/aromatic N) is 3. The number of aliphatic hydroxyl groups is 1. The average molecular weight is 183 g/mol. The maximum atomic E-state index is 11.5. The molecule has 1 saturated carbocycles. The number of aromatic nitrogens is 3. The van der Waals surface area contributed by atoms with Crippen LogP contribution in [0, 0.1) is 0 Å². The Hall–Kier alpha value is -1.10. The van der Waals surface area contributed by atoms with Gasteiger partial charge in [-0.25, -0.2) is 9.48 Å². The number of hydrogen-bond donors (Lipinski definition) is 1. The third-order valence-electron chi connectivity index (χ3n) is 2.33. The van der Waals surface area contributed by atoms with E-state index in [9.17, 15) is 4.79 Å². The minimum Gasteiger partial charge on any atom is -0.394 e. The third-order valence-corrected chi connectivity index (χ3v) is 2.33. The topological polar surface area (TPSA) is 60.1 Å². The number of hydrogen-bond acceptors (Lipinski definition) is 3. The SMILES string of the molecule is Cn1c(C2CC2)nn(CCO)c1=O. The van der Waals surface area contributed by atoms with Crippen LogP contribution >= 0.6 is 0 Å². The van der Waals surface area contributed by atoms with Crippen LogP contribution in [0.5, 0.6) is 0 Å². The van der Waals surface area contributed by atoms with Gasteiger partial charge in [-0.1, -0.05) is 0 Å². The molecular weight excluding hydrogens is 170 g/mol. The fourth-order valence-corrected chi connectivity index (χ4v) is 1.44. The summed E-state index contributed by atoms with van der Waals surface area (Å²) in [7, 11) is 1.73. The van der Waals surface area contributed by atoms with Crippen molar-refractivity contribution in [3.05, 3.63) is 16.3 Å². The Kier molecular flexibility index (Phi) is 1.95. The van der Waals surface area contributed by atoms with Crippen LogP contribution in [0.4, 0.5) is 0 Å². The van der Waals surface area contributed by atoms with Gasteiger partial charge in [0.05, 0.1) is 13.2 Å². The molecule has 1 fully saturated rings. The van der Waals surface area contributed by atoms with E-state index in [0.29, 0.717) is 12.5 Å². The van der Waals surface area contributed by atoms with Gasteiger partial charge in [-0.05, 0) is 12.8 Å². The van der Waals surface area contributed by atoms with Gasteiger partial charge in [-0.2, -0.15) is 5.10 Å². The summed E-state index contributed by atoms with van der Waals surface area (Å²) in [6.07, 6.45) is 2.26. The van der Waals surface area contributed by atoms with E-state index in [4.69, 9.17) is 5.11 Å². The Morgan fingerprint density at radius 3 is 2.85 bits per heavy atom. The lowest BCUT2D eigenvalue weighted by atomic mass is 10.4. The zero-order valence-electron chi connectivity index (χ0n) is 7.60. The lowest BCUT2D eigenvalue weighted by molar-refractivity contribution is 0.266. The van der Waals surface area contributed by atoms with E-state index in [0.717, 1.165) is 18.7 Å². The molecule has 1 aliphatic rings. The van der Waals surface area contributed by atoms with Crippen molar-refractivity contribution in [2.24, 2.45) is 7.05 Å². The van der Waals surface area contributed by atoms with Crippen LogP contribution in [0.2, 0.25) is 0 Å². The first-order valence-corrected chi connectivity index (χ1v) is 4.48. The van der Waals surface area contributed by atoms with Gasteiger partial charge in [-0.3, -0.25) is 4.57 Å². The highest BCUT2D eigenvalue weighted by Gasteiger charge is 2.29. The van der Waals surface area contributed by atoms with Crippen molar-refractivity contribution in [3.63, 3.8) is 0 Å². The summed E-state index contributed by atoms with van der Waals surface area (Å²) in [5, 5.41) is 12.9. The molecule has 0 aliphatic heterocycles. The Morgan fingerprint density at radius 2 is 2.31 bits per heavy atom. The largest absolute Gasteiger partial charge is 0.394 e. The average Bonchev–Trinajstić information content (AvgIpc) is 2.89. The van der Waals surface area contributed by atoms with Crippen molar-refractivity contribution in [1.29, 1.82) is 0 Å². The van der Waals surface area contributed by atoms with Gasteiger partial charge < -0.3 is 5.11 Å². The van der Waals surface area contributed by atoms with Crippen LogP contribution in [0.25, 0.3) is 0 Å². The summed E-state index contributed by atoms with van der Waals surface area (Å²) < 4.78 is 2.90. The van der Waals surface area contributed by atoms with E-state index >= 15 is 0 Å². The van der Waals surface area contributed by atoms with E-state index in [2.05, 4.69) is 5.10 Å². The zero-order valence-corrected chi connectivity index (χ0v) is 7.60.